The number of H-pyrrole nitrogens is 1. The van der Waals surface area contributed by atoms with E-state index in [4.69, 9.17) is 0 Å². The molecule has 0 aliphatic carbocycles. The predicted octanol–water partition coefficient (Wildman–Crippen LogP) is 0.646. The van der Waals surface area contributed by atoms with Gasteiger partial charge in [-0.3, -0.25) is 4.79 Å². The number of hydrogen-bond donors (Lipinski definition) is 2. The molecule has 0 unspecified atom stereocenters. The van der Waals surface area contributed by atoms with E-state index in [1.165, 1.54) is 6.33 Å². The molecule has 2 heterocycles. The molecule has 108 valence electrons. The van der Waals surface area contributed by atoms with Crippen molar-refractivity contribution in [3.63, 3.8) is 0 Å². The second-order valence-corrected chi connectivity index (χ2v) is 4.71. The maximum Gasteiger partial charge on any atom is 0.220 e. The van der Waals surface area contributed by atoms with Crippen LogP contribution in [0.25, 0.3) is 11.0 Å². The Bertz CT molecular complexity index is 719. The van der Waals surface area contributed by atoms with E-state index in [1.54, 1.807) is 11.0 Å². The van der Waals surface area contributed by atoms with Gasteiger partial charge in [-0.25, -0.2) is 9.67 Å². The number of imidazole rings is 1. The molecule has 0 aliphatic rings. The van der Waals surface area contributed by atoms with Gasteiger partial charge in [-0.1, -0.05) is 6.07 Å². The summed E-state index contributed by atoms with van der Waals surface area (Å²) in [5, 5.41) is 13.7. The van der Waals surface area contributed by atoms with E-state index >= 15 is 0 Å². The number of fused-ring (bicyclic) bond motifs is 1. The molecule has 1 amide bonds. The van der Waals surface area contributed by atoms with E-state index < -0.39 is 0 Å². The standard InChI is InChI=1S/C13H15N7O/c21-13(2-1-5-20-9-17-18-19-20)14-7-10-3-4-11-12(6-10)16-8-15-11/h3-4,6,8-9H,1-2,5,7H2,(H,14,21)(H,15,16). The van der Waals surface area contributed by atoms with Gasteiger partial charge in [0.05, 0.1) is 17.4 Å². The lowest BCUT2D eigenvalue weighted by Gasteiger charge is -2.05. The lowest BCUT2D eigenvalue weighted by atomic mass is 10.2. The fourth-order valence-corrected chi connectivity index (χ4v) is 2.07. The van der Waals surface area contributed by atoms with Crippen LogP contribution in [0.1, 0.15) is 18.4 Å². The summed E-state index contributed by atoms with van der Waals surface area (Å²) in [4.78, 5) is 19.0. The number of tetrazole rings is 1. The van der Waals surface area contributed by atoms with Gasteiger partial charge in [0.15, 0.2) is 0 Å². The molecule has 0 aliphatic heterocycles. The van der Waals surface area contributed by atoms with E-state index in [0.717, 1.165) is 16.6 Å². The lowest BCUT2D eigenvalue weighted by molar-refractivity contribution is -0.121. The Kier molecular flexibility index (Phi) is 3.85. The number of aromatic nitrogens is 6. The number of benzene rings is 1. The Labute approximate surface area is 120 Å². The maximum atomic E-state index is 11.8. The zero-order valence-corrected chi connectivity index (χ0v) is 11.4. The van der Waals surface area contributed by atoms with Crippen molar-refractivity contribution >= 4 is 16.9 Å². The van der Waals surface area contributed by atoms with Gasteiger partial charge in [0.25, 0.3) is 0 Å². The first kappa shape index (κ1) is 13.2. The van der Waals surface area contributed by atoms with Crippen molar-refractivity contribution in [2.24, 2.45) is 0 Å². The summed E-state index contributed by atoms with van der Waals surface area (Å²) in [5.74, 6) is 0.0211. The maximum absolute atomic E-state index is 11.8. The predicted molar refractivity (Wildman–Crippen MR) is 75.0 cm³/mol. The summed E-state index contributed by atoms with van der Waals surface area (Å²) in [6.45, 7) is 1.15. The number of carbonyl (C=O) groups is 1. The first-order chi connectivity index (χ1) is 10.3. The fourth-order valence-electron chi connectivity index (χ4n) is 2.07. The van der Waals surface area contributed by atoms with Gasteiger partial charge < -0.3 is 10.3 Å². The van der Waals surface area contributed by atoms with Crippen molar-refractivity contribution < 1.29 is 4.79 Å². The first-order valence-corrected chi connectivity index (χ1v) is 6.71. The number of nitrogens with one attached hydrogen (secondary N) is 2. The van der Waals surface area contributed by atoms with Crippen molar-refractivity contribution in [2.45, 2.75) is 25.9 Å². The largest absolute Gasteiger partial charge is 0.352 e. The summed E-state index contributed by atoms with van der Waals surface area (Å²) >= 11 is 0. The molecular weight excluding hydrogens is 270 g/mol. The summed E-state index contributed by atoms with van der Waals surface area (Å²) < 4.78 is 1.61. The molecule has 1 aromatic carbocycles. The van der Waals surface area contributed by atoms with Crippen LogP contribution in [0.2, 0.25) is 0 Å². The molecule has 0 saturated carbocycles. The van der Waals surface area contributed by atoms with E-state index in [2.05, 4.69) is 30.8 Å². The van der Waals surface area contributed by atoms with Gasteiger partial charge in [-0.15, -0.1) is 5.10 Å². The van der Waals surface area contributed by atoms with Gasteiger partial charge in [0, 0.05) is 19.5 Å². The van der Waals surface area contributed by atoms with Crippen LogP contribution in [-0.2, 0) is 17.9 Å². The third kappa shape index (κ3) is 3.41. The van der Waals surface area contributed by atoms with Gasteiger partial charge in [0.1, 0.15) is 6.33 Å². The Morgan fingerprint density at radius 1 is 1.38 bits per heavy atom. The third-order valence-corrected chi connectivity index (χ3v) is 3.16. The monoisotopic (exact) mass is 285 g/mol. The van der Waals surface area contributed by atoms with Gasteiger partial charge in [0.2, 0.25) is 5.91 Å². The highest BCUT2D eigenvalue weighted by atomic mass is 16.1. The van der Waals surface area contributed by atoms with Crippen LogP contribution in [-0.4, -0.2) is 36.1 Å². The average molecular weight is 285 g/mol. The zero-order chi connectivity index (χ0) is 14.5. The van der Waals surface area contributed by atoms with Gasteiger partial charge in [-0.2, -0.15) is 0 Å². The molecule has 2 aromatic heterocycles. The van der Waals surface area contributed by atoms with Crippen LogP contribution in [0.3, 0.4) is 0 Å². The summed E-state index contributed by atoms with van der Waals surface area (Å²) in [7, 11) is 0. The number of nitrogens with zero attached hydrogens (tertiary/aromatic N) is 5. The van der Waals surface area contributed by atoms with Crippen molar-refractivity contribution in [1.29, 1.82) is 0 Å². The van der Waals surface area contributed by atoms with Crippen molar-refractivity contribution in [3.05, 3.63) is 36.4 Å². The molecule has 0 fully saturated rings. The summed E-state index contributed by atoms with van der Waals surface area (Å²) in [6, 6.07) is 5.89. The van der Waals surface area contributed by atoms with Crippen LogP contribution in [0.15, 0.2) is 30.9 Å². The van der Waals surface area contributed by atoms with Gasteiger partial charge >= 0.3 is 0 Å². The Morgan fingerprint density at radius 3 is 3.19 bits per heavy atom. The Morgan fingerprint density at radius 2 is 2.33 bits per heavy atom. The molecule has 0 spiro atoms. The smallest absolute Gasteiger partial charge is 0.220 e. The van der Waals surface area contributed by atoms with Crippen molar-refractivity contribution in [2.75, 3.05) is 0 Å². The van der Waals surface area contributed by atoms with E-state index in [9.17, 15) is 4.79 Å². The normalized spacial score (nSPS) is 10.9. The molecule has 3 rings (SSSR count). The second-order valence-electron chi connectivity index (χ2n) is 4.71. The summed E-state index contributed by atoms with van der Waals surface area (Å²) in [6.07, 6.45) is 4.35. The van der Waals surface area contributed by atoms with Crippen LogP contribution in [0.5, 0.6) is 0 Å². The topological polar surface area (TPSA) is 101 Å². The molecular formula is C13H15N7O. The number of hydrogen-bond acceptors (Lipinski definition) is 5. The number of carbonyl (C=O) groups excluding carboxylic acids is 1. The van der Waals surface area contributed by atoms with E-state index in [-0.39, 0.29) is 5.91 Å². The molecule has 0 radical (unpaired) electrons. The van der Waals surface area contributed by atoms with Gasteiger partial charge in [-0.05, 0) is 34.5 Å². The molecule has 21 heavy (non-hydrogen) atoms. The highest BCUT2D eigenvalue weighted by molar-refractivity contribution is 5.77. The van der Waals surface area contributed by atoms with Crippen molar-refractivity contribution in [3.8, 4) is 0 Å². The molecule has 8 heteroatoms. The minimum absolute atomic E-state index is 0.0211. The first-order valence-electron chi connectivity index (χ1n) is 6.71. The number of aryl methyl sites for hydroxylation is 1. The lowest BCUT2D eigenvalue weighted by Crippen LogP contribution is -2.22. The number of amides is 1. The molecule has 2 N–H and O–H groups in total. The highest BCUT2D eigenvalue weighted by Gasteiger charge is 2.03. The van der Waals surface area contributed by atoms with Crippen LogP contribution >= 0.6 is 0 Å². The van der Waals surface area contributed by atoms with Crippen molar-refractivity contribution in [1.82, 2.24) is 35.5 Å². The molecule has 0 atom stereocenters. The molecule has 3 aromatic rings. The Balaban J connectivity index is 1.44. The third-order valence-electron chi connectivity index (χ3n) is 3.16. The zero-order valence-electron chi connectivity index (χ0n) is 11.4. The number of rotatable bonds is 6. The summed E-state index contributed by atoms with van der Waals surface area (Å²) in [5.41, 5.74) is 2.94. The quantitative estimate of drug-likeness (QED) is 0.692. The molecule has 0 bridgehead atoms. The van der Waals surface area contributed by atoms with Crippen LogP contribution in [0, 0.1) is 0 Å². The SMILES string of the molecule is O=C(CCCn1cnnn1)NCc1ccc2nc[nH]c2c1. The second kappa shape index (κ2) is 6.12. The molecule has 8 nitrogen and oxygen atoms in total. The fraction of sp³-hybridized carbons (Fsp3) is 0.308. The molecule has 0 saturated heterocycles. The van der Waals surface area contributed by atoms with E-state index in [1.807, 2.05) is 18.2 Å². The number of aromatic amines is 1. The minimum atomic E-state index is 0.0211. The minimum Gasteiger partial charge on any atom is -0.352 e. The average Bonchev–Trinajstić information content (AvgIpc) is 3.15. The van der Waals surface area contributed by atoms with Crippen LogP contribution < -0.4 is 5.32 Å². The Hall–Kier alpha value is -2.77. The van der Waals surface area contributed by atoms with E-state index in [0.29, 0.717) is 25.9 Å². The van der Waals surface area contributed by atoms with Crippen LogP contribution in [0.4, 0.5) is 0 Å². The highest BCUT2D eigenvalue weighted by Crippen LogP contribution is 2.11.